The summed E-state index contributed by atoms with van der Waals surface area (Å²) in [4.78, 5) is 54.7. The average Bonchev–Trinajstić information content (AvgIpc) is 2.93. The summed E-state index contributed by atoms with van der Waals surface area (Å²) in [7, 11) is 3.33. The van der Waals surface area contributed by atoms with Crippen molar-refractivity contribution in [3.8, 4) is 0 Å². The van der Waals surface area contributed by atoms with Crippen LogP contribution in [0.1, 0.15) is 40.5 Å². The van der Waals surface area contributed by atoms with Crippen molar-refractivity contribution >= 4 is 23.5 Å². The molecule has 3 heterocycles. The summed E-state index contributed by atoms with van der Waals surface area (Å²) in [6.45, 7) is 2.19. The molecule has 0 N–H and O–H groups in total. The standard InChI is InChI=1S/C20H25N3O4/c1-13(24)16-6-4-5-7-17(16)20(27)22-10-14-8-9-15(11-22)23(19(14)26)12-18(25)21(2)3/h4-7,14-15H,8-12H2,1-3H3/t14-,15+/m0/s1. The maximum atomic E-state index is 13.1. The average molecular weight is 371 g/mol. The van der Waals surface area contributed by atoms with Gasteiger partial charge in [0.25, 0.3) is 5.91 Å². The molecule has 2 bridgehead atoms. The third-order valence-corrected chi connectivity index (χ3v) is 5.42. The number of carbonyl (C=O) groups excluding carboxylic acids is 4. The maximum absolute atomic E-state index is 13.1. The molecule has 3 fully saturated rings. The van der Waals surface area contributed by atoms with Crippen molar-refractivity contribution in [1.82, 2.24) is 14.7 Å². The van der Waals surface area contributed by atoms with Gasteiger partial charge in [0, 0.05) is 38.8 Å². The number of ketones is 1. The zero-order chi connectivity index (χ0) is 19.7. The second-order valence-electron chi connectivity index (χ2n) is 7.49. The van der Waals surface area contributed by atoms with Crippen molar-refractivity contribution in [2.45, 2.75) is 25.8 Å². The molecule has 3 saturated heterocycles. The van der Waals surface area contributed by atoms with E-state index in [1.807, 2.05) is 0 Å². The molecule has 7 nitrogen and oxygen atoms in total. The van der Waals surface area contributed by atoms with Gasteiger partial charge in [0.05, 0.1) is 11.5 Å². The fourth-order valence-corrected chi connectivity index (χ4v) is 3.85. The fraction of sp³-hybridized carbons (Fsp3) is 0.500. The minimum Gasteiger partial charge on any atom is -0.347 e. The Kier molecular flexibility index (Phi) is 5.30. The topological polar surface area (TPSA) is 78.0 Å². The molecule has 0 unspecified atom stereocenters. The van der Waals surface area contributed by atoms with Crippen molar-refractivity contribution in [3.63, 3.8) is 0 Å². The number of nitrogens with zero attached hydrogens (tertiary/aromatic N) is 3. The van der Waals surface area contributed by atoms with Gasteiger partial charge in [-0.1, -0.05) is 18.2 Å². The number of hydrogen-bond donors (Lipinski definition) is 0. The van der Waals surface area contributed by atoms with E-state index < -0.39 is 0 Å². The van der Waals surface area contributed by atoms with E-state index >= 15 is 0 Å². The fourth-order valence-electron chi connectivity index (χ4n) is 3.85. The van der Waals surface area contributed by atoms with E-state index in [2.05, 4.69) is 0 Å². The number of piperidine rings is 1. The minimum atomic E-state index is -0.299. The van der Waals surface area contributed by atoms with Gasteiger partial charge in [0.15, 0.2) is 5.78 Å². The molecule has 7 heteroatoms. The SMILES string of the molecule is CC(=O)c1ccccc1C(=O)N1C[C@@H]2CC[C@H](C1)N(CC(=O)N(C)C)C2=O. The van der Waals surface area contributed by atoms with Crippen LogP contribution in [0.25, 0.3) is 0 Å². The summed E-state index contributed by atoms with van der Waals surface area (Å²) in [5.41, 5.74) is 0.764. The normalized spacial score (nSPS) is 21.8. The molecule has 1 aromatic rings. The Balaban J connectivity index is 1.85. The highest BCUT2D eigenvalue weighted by molar-refractivity contribution is 6.07. The number of amides is 3. The molecule has 0 aliphatic carbocycles. The monoisotopic (exact) mass is 371 g/mol. The summed E-state index contributed by atoms with van der Waals surface area (Å²) in [6, 6.07) is 6.60. The summed E-state index contributed by atoms with van der Waals surface area (Å²) < 4.78 is 0. The number of rotatable bonds is 4. The number of likely N-dealkylation sites (N-methyl/N-ethyl adjacent to an activating group) is 1. The lowest BCUT2D eigenvalue weighted by Gasteiger charge is -2.35. The summed E-state index contributed by atoms with van der Waals surface area (Å²) >= 11 is 0. The molecule has 3 aliphatic heterocycles. The smallest absolute Gasteiger partial charge is 0.254 e. The first-order chi connectivity index (χ1) is 12.8. The largest absolute Gasteiger partial charge is 0.347 e. The van der Waals surface area contributed by atoms with Gasteiger partial charge in [-0.2, -0.15) is 0 Å². The predicted octanol–water partition coefficient (Wildman–Crippen LogP) is 1.04. The van der Waals surface area contributed by atoms with Gasteiger partial charge in [-0.3, -0.25) is 19.2 Å². The lowest BCUT2D eigenvalue weighted by molar-refractivity contribution is -0.145. The quantitative estimate of drug-likeness (QED) is 0.741. The molecular formula is C20H25N3O4. The van der Waals surface area contributed by atoms with Crippen LogP contribution in [0.5, 0.6) is 0 Å². The molecule has 0 saturated carbocycles. The first-order valence-corrected chi connectivity index (χ1v) is 9.19. The zero-order valence-electron chi connectivity index (χ0n) is 16.0. The van der Waals surface area contributed by atoms with Crippen molar-refractivity contribution in [1.29, 1.82) is 0 Å². The lowest BCUT2D eigenvalue weighted by Crippen LogP contribution is -2.51. The van der Waals surface area contributed by atoms with Crippen LogP contribution in [-0.4, -0.2) is 78.0 Å². The van der Waals surface area contributed by atoms with E-state index in [1.54, 1.807) is 48.2 Å². The van der Waals surface area contributed by atoms with Crippen LogP contribution >= 0.6 is 0 Å². The van der Waals surface area contributed by atoms with Crippen molar-refractivity contribution in [2.24, 2.45) is 5.92 Å². The first-order valence-electron chi connectivity index (χ1n) is 9.19. The van der Waals surface area contributed by atoms with Gasteiger partial charge >= 0.3 is 0 Å². The Morgan fingerprint density at radius 3 is 2.37 bits per heavy atom. The Labute approximate surface area is 158 Å². The van der Waals surface area contributed by atoms with Crippen LogP contribution < -0.4 is 0 Å². The molecule has 4 rings (SSSR count). The van der Waals surface area contributed by atoms with E-state index in [-0.39, 0.29) is 42.0 Å². The van der Waals surface area contributed by atoms with Crippen molar-refractivity contribution in [3.05, 3.63) is 35.4 Å². The highest BCUT2D eigenvalue weighted by Gasteiger charge is 2.43. The van der Waals surface area contributed by atoms with Crippen LogP contribution in [-0.2, 0) is 9.59 Å². The molecule has 0 aromatic heterocycles. The van der Waals surface area contributed by atoms with Gasteiger partial charge in [-0.15, -0.1) is 0 Å². The Morgan fingerprint density at radius 2 is 1.74 bits per heavy atom. The highest BCUT2D eigenvalue weighted by Crippen LogP contribution is 2.30. The number of Topliss-reactive ketones (excluding diaryl/α,β-unsaturated/α-hetero) is 1. The Hall–Kier alpha value is -2.70. The minimum absolute atomic E-state index is 0.0407. The molecule has 3 amide bonds. The molecule has 3 aliphatic rings. The van der Waals surface area contributed by atoms with Crippen LogP contribution in [0.15, 0.2) is 24.3 Å². The third-order valence-electron chi connectivity index (χ3n) is 5.42. The van der Waals surface area contributed by atoms with Crippen LogP contribution in [0.3, 0.4) is 0 Å². The highest BCUT2D eigenvalue weighted by atomic mass is 16.2. The number of carbonyl (C=O) groups is 4. The molecule has 0 spiro atoms. The van der Waals surface area contributed by atoms with Gasteiger partial charge in [0.2, 0.25) is 11.8 Å². The Bertz CT molecular complexity index is 789. The van der Waals surface area contributed by atoms with Crippen molar-refractivity contribution in [2.75, 3.05) is 33.7 Å². The van der Waals surface area contributed by atoms with E-state index in [0.29, 0.717) is 30.6 Å². The second-order valence-corrected chi connectivity index (χ2v) is 7.49. The molecule has 0 radical (unpaired) electrons. The Morgan fingerprint density at radius 1 is 1.07 bits per heavy atom. The van der Waals surface area contributed by atoms with Gasteiger partial charge < -0.3 is 14.7 Å². The molecule has 2 atom stereocenters. The van der Waals surface area contributed by atoms with E-state index in [0.717, 1.165) is 6.42 Å². The third kappa shape index (κ3) is 3.72. The predicted molar refractivity (Wildman–Crippen MR) is 99.3 cm³/mol. The molecular weight excluding hydrogens is 346 g/mol. The number of fused-ring (bicyclic) bond motifs is 4. The lowest BCUT2D eigenvalue weighted by atomic mass is 9.94. The first kappa shape index (κ1) is 19.1. The van der Waals surface area contributed by atoms with Crippen LogP contribution in [0, 0.1) is 5.92 Å². The van der Waals surface area contributed by atoms with Crippen LogP contribution in [0.2, 0.25) is 0 Å². The maximum Gasteiger partial charge on any atom is 0.254 e. The second kappa shape index (κ2) is 7.50. The van der Waals surface area contributed by atoms with E-state index in [4.69, 9.17) is 0 Å². The summed E-state index contributed by atoms with van der Waals surface area (Å²) in [5.74, 6) is -0.878. The van der Waals surface area contributed by atoms with Gasteiger partial charge in [-0.05, 0) is 25.8 Å². The van der Waals surface area contributed by atoms with Gasteiger partial charge in [0.1, 0.15) is 6.54 Å². The van der Waals surface area contributed by atoms with Crippen LogP contribution in [0.4, 0.5) is 0 Å². The molecule has 144 valence electrons. The number of hydrogen-bond acceptors (Lipinski definition) is 4. The zero-order valence-corrected chi connectivity index (χ0v) is 16.0. The molecule has 1 aromatic carbocycles. The molecule has 27 heavy (non-hydrogen) atoms. The number of benzene rings is 1. The summed E-state index contributed by atoms with van der Waals surface area (Å²) in [5, 5.41) is 0. The van der Waals surface area contributed by atoms with Gasteiger partial charge in [-0.25, -0.2) is 0 Å². The van der Waals surface area contributed by atoms with E-state index in [9.17, 15) is 19.2 Å². The van der Waals surface area contributed by atoms with Crippen molar-refractivity contribution < 1.29 is 19.2 Å². The van der Waals surface area contributed by atoms with E-state index in [1.165, 1.54) is 11.8 Å². The summed E-state index contributed by atoms with van der Waals surface area (Å²) in [6.07, 6.45) is 1.49.